The molecule has 4 aliphatic rings. The Balaban J connectivity index is 1.44. The van der Waals surface area contributed by atoms with Crippen LogP contribution in [0.1, 0.15) is 51.2 Å². The Hall–Kier alpha value is -3.23. The summed E-state index contributed by atoms with van der Waals surface area (Å²) >= 11 is 0. The zero-order chi connectivity index (χ0) is 21.7. The van der Waals surface area contributed by atoms with Gasteiger partial charge in [0.1, 0.15) is 23.0 Å². The van der Waals surface area contributed by atoms with Crippen LogP contribution < -0.4 is 10.9 Å². The minimum Gasteiger partial charge on any atom is -0.502 e. The second kappa shape index (κ2) is 5.93. The molecular formula is C22H19F2N3O4. The van der Waals surface area contributed by atoms with Crippen LogP contribution in [0.5, 0.6) is 5.75 Å². The van der Waals surface area contributed by atoms with E-state index < -0.39 is 40.4 Å². The highest BCUT2D eigenvalue weighted by molar-refractivity contribution is 6.05. The monoisotopic (exact) mass is 427 g/mol. The Morgan fingerprint density at radius 3 is 2.71 bits per heavy atom. The third kappa shape index (κ3) is 2.34. The molecule has 2 aliphatic heterocycles. The average molecular weight is 427 g/mol. The van der Waals surface area contributed by atoms with Gasteiger partial charge in [-0.25, -0.2) is 8.78 Å². The van der Waals surface area contributed by atoms with Gasteiger partial charge in [0.15, 0.2) is 5.75 Å². The molecule has 3 atom stereocenters. The van der Waals surface area contributed by atoms with Gasteiger partial charge >= 0.3 is 0 Å². The molecule has 2 aromatic rings. The SMILES string of the molecule is O=C1NC2(CCC3C[C@@H]32)n2c1c1c(c(O)c2=O)C(=O)N(Cc2ccc(F)cc2F)CC1. The summed E-state index contributed by atoms with van der Waals surface area (Å²) in [7, 11) is 0. The predicted octanol–water partition coefficient (Wildman–Crippen LogP) is 1.86. The zero-order valence-electron chi connectivity index (χ0n) is 16.5. The predicted molar refractivity (Wildman–Crippen MR) is 103 cm³/mol. The number of hydrogen-bond donors (Lipinski definition) is 2. The van der Waals surface area contributed by atoms with E-state index in [4.69, 9.17) is 0 Å². The molecule has 3 heterocycles. The average Bonchev–Trinajstić information content (AvgIpc) is 3.36. The van der Waals surface area contributed by atoms with Crippen LogP contribution in [-0.4, -0.2) is 32.9 Å². The first-order valence-corrected chi connectivity index (χ1v) is 10.4. The Labute approximate surface area is 175 Å². The van der Waals surface area contributed by atoms with Crippen LogP contribution in [0.25, 0.3) is 0 Å². The first kappa shape index (κ1) is 18.5. The fourth-order valence-corrected chi connectivity index (χ4v) is 5.80. The van der Waals surface area contributed by atoms with Gasteiger partial charge in [-0.2, -0.15) is 0 Å². The summed E-state index contributed by atoms with van der Waals surface area (Å²) in [5.41, 5.74) is -1.11. The van der Waals surface area contributed by atoms with Crippen molar-refractivity contribution in [1.29, 1.82) is 0 Å². The van der Waals surface area contributed by atoms with Crippen molar-refractivity contribution in [3.05, 3.63) is 62.6 Å². The number of carbonyl (C=O) groups excluding carboxylic acids is 2. The number of fused-ring (bicyclic) bond motifs is 6. The summed E-state index contributed by atoms with van der Waals surface area (Å²) in [5.74, 6) is -2.57. The number of nitrogens with zero attached hydrogens (tertiary/aromatic N) is 2. The van der Waals surface area contributed by atoms with Crippen LogP contribution in [0, 0.1) is 23.5 Å². The smallest absolute Gasteiger partial charge is 0.296 e. The van der Waals surface area contributed by atoms with E-state index in [-0.39, 0.29) is 42.2 Å². The van der Waals surface area contributed by atoms with Crippen LogP contribution in [0.4, 0.5) is 8.78 Å². The van der Waals surface area contributed by atoms with Crippen molar-refractivity contribution in [2.75, 3.05) is 6.54 Å². The van der Waals surface area contributed by atoms with E-state index in [2.05, 4.69) is 5.32 Å². The molecule has 160 valence electrons. The van der Waals surface area contributed by atoms with E-state index in [0.717, 1.165) is 25.0 Å². The van der Waals surface area contributed by atoms with Crippen LogP contribution in [-0.2, 0) is 18.6 Å². The highest BCUT2D eigenvalue weighted by Crippen LogP contribution is 2.61. The first-order chi connectivity index (χ1) is 14.8. The quantitative estimate of drug-likeness (QED) is 0.766. The zero-order valence-corrected chi connectivity index (χ0v) is 16.5. The Morgan fingerprint density at radius 2 is 2.03 bits per heavy atom. The number of hydrogen-bond acceptors (Lipinski definition) is 4. The third-order valence-electron chi connectivity index (χ3n) is 7.34. The lowest BCUT2D eigenvalue weighted by Gasteiger charge is -2.32. The van der Waals surface area contributed by atoms with Crippen molar-refractivity contribution in [1.82, 2.24) is 14.8 Å². The van der Waals surface area contributed by atoms with Crippen molar-refractivity contribution >= 4 is 11.8 Å². The summed E-state index contributed by atoms with van der Waals surface area (Å²) < 4.78 is 28.7. The highest BCUT2D eigenvalue weighted by atomic mass is 19.1. The number of benzene rings is 1. The van der Waals surface area contributed by atoms with Gasteiger partial charge < -0.3 is 15.3 Å². The number of halogens is 2. The van der Waals surface area contributed by atoms with Gasteiger partial charge in [0.25, 0.3) is 17.4 Å². The fraction of sp³-hybridized carbons (Fsp3) is 0.409. The molecule has 0 bridgehead atoms. The molecule has 2 unspecified atom stereocenters. The molecule has 2 amide bonds. The van der Waals surface area contributed by atoms with Gasteiger partial charge in [0, 0.05) is 36.2 Å². The first-order valence-electron chi connectivity index (χ1n) is 10.4. The molecule has 9 heteroatoms. The number of rotatable bonds is 2. The number of aromatic hydroxyl groups is 1. The Kier molecular flexibility index (Phi) is 3.54. The van der Waals surface area contributed by atoms with Gasteiger partial charge in [-0.05, 0) is 37.7 Å². The second-order valence-corrected chi connectivity index (χ2v) is 8.92. The Bertz CT molecular complexity index is 1260. The summed E-state index contributed by atoms with van der Waals surface area (Å²) in [4.78, 5) is 40.5. The molecule has 31 heavy (non-hydrogen) atoms. The van der Waals surface area contributed by atoms with Crippen molar-refractivity contribution in [3.63, 3.8) is 0 Å². The minimum absolute atomic E-state index is 0.123. The summed E-state index contributed by atoms with van der Waals surface area (Å²) in [6.45, 7) is 0.0434. The van der Waals surface area contributed by atoms with Gasteiger partial charge in [-0.1, -0.05) is 6.07 Å². The van der Waals surface area contributed by atoms with Crippen LogP contribution in [0.15, 0.2) is 23.0 Å². The second-order valence-electron chi connectivity index (χ2n) is 8.92. The molecule has 7 nitrogen and oxygen atoms in total. The number of nitrogens with one attached hydrogen (secondary N) is 1. The maximum absolute atomic E-state index is 14.1. The molecule has 6 rings (SSSR count). The molecule has 1 aromatic carbocycles. The highest BCUT2D eigenvalue weighted by Gasteiger charge is 2.63. The number of carbonyl (C=O) groups is 2. The molecule has 2 aliphatic carbocycles. The number of amides is 2. The van der Waals surface area contributed by atoms with E-state index in [0.29, 0.717) is 17.9 Å². The van der Waals surface area contributed by atoms with Gasteiger partial charge in [0.05, 0.1) is 5.56 Å². The molecule has 0 radical (unpaired) electrons. The molecule has 2 N–H and O–H groups in total. The van der Waals surface area contributed by atoms with Crippen molar-refractivity contribution in [2.24, 2.45) is 11.8 Å². The van der Waals surface area contributed by atoms with Crippen LogP contribution >= 0.6 is 0 Å². The minimum atomic E-state index is -0.807. The lowest BCUT2D eigenvalue weighted by molar-refractivity contribution is 0.0719. The van der Waals surface area contributed by atoms with Crippen LogP contribution in [0.3, 0.4) is 0 Å². The topological polar surface area (TPSA) is 91.6 Å². The van der Waals surface area contributed by atoms with Crippen molar-refractivity contribution in [3.8, 4) is 5.75 Å². The Morgan fingerprint density at radius 1 is 1.23 bits per heavy atom. The van der Waals surface area contributed by atoms with Crippen molar-refractivity contribution < 1.29 is 23.5 Å². The summed E-state index contributed by atoms with van der Waals surface area (Å²) in [5, 5.41) is 13.7. The molecular weight excluding hydrogens is 408 g/mol. The molecule has 2 saturated carbocycles. The van der Waals surface area contributed by atoms with E-state index in [1.807, 2.05) is 0 Å². The largest absolute Gasteiger partial charge is 0.502 e. The van der Waals surface area contributed by atoms with E-state index in [9.17, 15) is 28.3 Å². The maximum atomic E-state index is 14.1. The molecule has 0 saturated heterocycles. The standard InChI is InChI=1S/C22H19F2N3O4/c23-12-2-1-11(15(24)8-12)9-26-6-4-13-16(20(26)30)18(28)21(31)27-17(13)19(29)25-22(27)5-3-10-7-14(10)22/h1-2,8,10,14,28H,3-7,9H2,(H,25,29)/t10?,14-,22?/m0/s1. The lowest BCUT2D eigenvalue weighted by Crippen LogP contribution is -2.48. The summed E-state index contributed by atoms with van der Waals surface area (Å²) in [6.07, 6.45) is 2.71. The van der Waals surface area contributed by atoms with E-state index in [1.165, 1.54) is 15.5 Å². The normalized spacial score (nSPS) is 27.9. The van der Waals surface area contributed by atoms with Gasteiger partial charge in [0.2, 0.25) is 0 Å². The fourth-order valence-electron chi connectivity index (χ4n) is 5.80. The molecule has 2 fully saturated rings. The van der Waals surface area contributed by atoms with E-state index >= 15 is 0 Å². The van der Waals surface area contributed by atoms with Gasteiger partial charge in [-0.15, -0.1) is 0 Å². The maximum Gasteiger partial charge on any atom is 0.296 e. The van der Waals surface area contributed by atoms with Gasteiger partial charge in [-0.3, -0.25) is 19.0 Å². The van der Waals surface area contributed by atoms with Crippen LogP contribution in [0.2, 0.25) is 0 Å². The number of aromatic nitrogens is 1. The van der Waals surface area contributed by atoms with Crippen molar-refractivity contribution in [2.45, 2.75) is 37.9 Å². The third-order valence-corrected chi connectivity index (χ3v) is 7.34. The van der Waals surface area contributed by atoms with E-state index in [1.54, 1.807) is 0 Å². The number of pyridine rings is 1. The lowest BCUT2D eigenvalue weighted by atomic mass is 9.95. The molecule has 1 spiro atoms. The summed E-state index contributed by atoms with van der Waals surface area (Å²) in [6, 6.07) is 3.10. The molecule has 1 aromatic heterocycles.